The maximum atomic E-state index is 9.96. The summed E-state index contributed by atoms with van der Waals surface area (Å²) in [5.74, 6) is -0.157. The molecule has 0 radical (unpaired) electrons. The maximum Gasteiger partial charge on any atom is 0.305 e. The Morgan fingerprint density at radius 3 is 2.22 bits per heavy atom. The first kappa shape index (κ1) is 14.6. The third-order valence-corrected chi connectivity index (χ3v) is 2.99. The number of benzene rings is 1. The van der Waals surface area contributed by atoms with E-state index in [1.165, 1.54) is 45.1 Å². The fraction of sp³-hybridized carbons (Fsp3) is 0.533. The van der Waals surface area contributed by atoms with E-state index in [1.54, 1.807) is 6.92 Å². The van der Waals surface area contributed by atoms with Crippen LogP contribution in [0.25, 0.3) is 0 Å². The number of esters is 1. The molecule has 0 saturated carbocycles. The number of anilines is 1. The molecule has 1 aliphatic rings. The first-order valence-corrected chi connectivity index (χ1v) is 6.64. The molecule has 100 valence electrons. The van der Waals surface area contributed by atoms with Crippen LogP contribution in [0.3, 0.4) is 0 Å². The lowest BCUT2D eigenvalue weighted by molar-refractivity contribution is -0.140. The fourth-order valence-electron chi connectivity index (χ4n) is 1.94. The molecule has 1 aromatic carbocycles. The van der Waals surface area contributed by atoms with Crippen molar-refractivity contribution >= 4 is 11.7 Å². The average molecular weight is 249 g/mol. The second kappa shape index (κ2) is 8.56. The van der Waals surface area contributed by atoms with Gasteiger partial charge in [0.05, 0.1) is 7.11 Å². The van der Waals surface area contributed by atoms with Gasteiger partial charge in [0, 0.05) is 25.2 Å². The zero-order valence-electron chi connectivity index (χ0n) is 11.4. The minimum Gasteiger partial charge on any atom is -0.469 e. The summed E-state index contributed by atoms with van der Waals surface area (Å²) in [7, 11) is 1.38. The van der Waals surface area contributed by atoms with Crippen LogP contribution in [0.4, 0.5) is 5.69 Å². The van der Waals surface area contributed by atoms with Crippen molar-refractivity contribution in [2.75, 3.05) is 25.1 Å². The molecule has 1 saturated heterocycles. The fourth-order valence-corrected chi connectivity index (χ4v) is 1.94. The van der Waals surface area contributed by atoms with Gasteiger partial charge in [-0.2, -0.15) is 0 Å². The second-order valence-corrected chi connectivity index (χ2v) is 4.31. The molecule has 0 aliphatic carbocycles. The highest BCUT2D eigenvalue weighted by Crippen LogP contribution is 2.18. The third kappa shape index (κ3) is 5.21. The number of ether oxygens (including phenoxy) is 1. The summed E-state index contributed by atoms with van der Waals surface area (Å²) < 4.78 is 4.26. The van der Waals surface area contributed by atoms with Crippen LogP contribution in [-0.4, -0.2) is 26.2 Å². The van der Waals surface area contributed by atoms with E-state index in [-0.39, 0.29) is 5.97 Å². The molecule has 2 rings (SSSR count). The second-order valence-electron chi connectivity index (χ2n) is 4.31. The van der Waals surface area contributed by atoms with Gasteiger partial charge < -0.3 is 9.64 Å². The van der Waals surface area contributed by atoms with E-state index in [9.17, 15) is 4.79 Å². The van der Waals surface area contributed by atoms with E-state index in [4.69, 9.17) is 0 Å². The Kier molecular flexibility index (Phi) is 6.92. The molecule has 0 N–H and O–H groups in total. The van der Waals surface area contributed by atoms with E-state index in [1.807, 2.05) is 0 Å². The van der Waals surface area contributed by atoms with Crippen LogP contribution < -0.4 is 4.90 Å². The van der Waals surface area contributed by atoms with Gasteiger partial charge in [0.25, 0.3) is 0 Å². The number of piperidine rings is 1. The highest BCUT2D eigenvalue weighted by Gasteiger charge is 2.09. The SMILES string of the molecule is CCC(=O)OC.c1ccc(N2CCCCC2)cc1. The summed E-state index contributed by atoms with van der Waals surface area (Å²) in [6.45, 7) is 4.24. The Morgan fingerprint density at radius 1 is 1.17 bits per heavy atom. The van der Waals surface area contributed by atoms with Crippen molar-refractivity contribution < 1.29 is 9.53 Å². The molecule has 1 heterocycles. The number of methoxy groups -OCH3 is 1. The summed E-state index contributed by atoms with van der Waals surface area (Å²) in [4.78, 5) is 12.4. The summed E-state index contributed by atoms with van der Waals surface area (Å²) in [6.07, 6.45) is 4.59. The summed E-state index contributed by atoms with van der Waals surface area (Å²) in [6, 6.07) is 10.7. The molecule has 1 aromatic rings. The highest BCUT2D eigenvalue weighted by molar-refractivity contribution is 5.68. The van der Waals surface area contributed by atoms with Crippen molar-refractivity contribution in [2.45, 2.75) is 32.6 Å². The van der Waals surface area contributed by atoms with Gasteiger partial charge in [-0.05, 0) is 31.4 Å². The van der Waals surface area contributed by atoms with Crippen LogP contribution in [0.5, 0.6) is 0 Å². The van der Waals surface area contributed by atoms with Gasteiger partial charge in [-0.3, -0.25) is 4.79 Å². The molecule has 1 fully saturated rings. The Balaban J connectivity index is 0.000000232. The lowest BCUT2D eigenvalue weighted by atomic mass is 10.1. The smallest absolute Gasteiger partial charge is 0.305 e. The monoisotopic (exact) mass is 249 g/mol. The topological polar surface area (TPSA) is 29.5 Å². The van der Waals surface area contributed by atoms with E-state index < -0.39 is 0 Å². The molecule has 0 unspecified atom stereocenters. The number of rotatable bonds is 2. The third-order valence-electron chi connectivity index (χ3n) is 2.99. The molecule has 0 amide bonds. The molecule has 0 atom stereocenters. The Hall–Kier alpha value is -1.51. The van der Waals surface area contributed by atoms with Crippen LogP contribution in [-0.2, 0) is 9.53 Å². The van der Waals surface area contributed by atoms with Gasteiger partial charge in [-0.15, -0.1) is 0 Å². The first-order chi connectivity index (χ1) is 8.77. The van der Waals surface area contributed by atoms with Gasteiger partial charge in [-0.25, -0.2) is 0 Å². The van der Waals surface area contributed by atoms with Gasteiger partial charge >= 0.3 is 5.97 Å². The molecular formula is C15H23NO2. The van der Waals surface area contributed by atoms with E-state index in [0.29, 0.717) is 6.42 Å². The Bertz CT molecular complexity index is 326. The predicted octanol–water partition coefficient (Wildman–Crippen LogP) is 3.25. The van der Waals surface area contributed by atoms with Crippen molar-refractivity contribution in [1.29, 1.82) is 0 Å². The average Bonchev–Trinajstić information content (AvgIpc) is 2.49. The van der Waals surface area contributed by atoms with Crippen LogP contribution in [0.15, 0.2) is 30.3 Å². The number of hydrogen-bond donors (Lipinski definition) is 0. The number of hydrogen-bond acceptors (Lipinski definition) is 3. The Morgan fingerprint density at radius 2 is 1.78 bits per heavy atom. The quantitative estimate of drug-likeness (QED) is 0.754. The van der Waals surface area contributed by atoms with Crippen molar-refractivity contribution in [3.8, 4) is 0 Å². The molecule has 0 spiro atoms. The van der Waals surface area contributed by atoms with E-state index in [0.717, 1.165) is 0 Å². The summed E-state index contributed by atoms with van der Waals surface area (Å²) in [5, 5.41) is 0. The van der Waals surface area contributed by atoms with E-state index >= 15 is 0 Å². The summed E-state index contributed by atoms with van der Waals surface area (Å²) in [5.41, 5.74) is 1.39. The van der Waals surface area contributed by atoms with Crippen molar-refractivity contribution in [3.63, 3.8) is 0 Å². The predicted molar refractivity (Wildman–Crippen MR) is 74.8 cm³/mol. The molecule has 0 bridgehead atoms. The van der Waals surface area contributed by atoms with Gasteiger partial charge in [-0.1, -0.05) is 25.1 Å². The first-order valence-electron chi connectivity index (χ1n) is 6.64. The molecule has 3 nitrogen and oxygen atoms in total. The molecule has 3 heteroatoms. The lowest BCUT2D eigenvalue weighted by Gasteiger charge is -2.28. The van der Waals surface area contributed by atoms with Crippen LogP contribution in [0, 0.1) is 0 Å². The number of nitrogens with zero attached hydrogens (tertiary/aromatic N) is 1. The highest BCUT2D eigenvalue weighted by atomic mass is 16.5. The number of carbonyl (C=O) groups excluding carboxylic acids is 1. The van der Waals surface area contributed by atoms with Crippen molar-refractivity contribution in [3.05, 3.63) is 30.3 Å². The number of para-hydroxylation sites is 1. The minimum absolute atomic E-state index is 0.157. The molecule has 18 heavy (non-hydrogen) atoms. The zero-order valence-corrected chi connectivity index (χ0v) is 11.4. The molecule has 1 aliphatic heterocycles. The molecular weight excluding hydrogens is 226 g/mol. The largest absolute Gasteiger partial charge is 0.469 e. The maximum absolute atomic E-state index is 9.96. The normalized spacial score (nSPS) is 14.4. The van der Waals surface area contributed by atoms with Crippen molar-refractivity contribution in [2.24, 2.45) is 0 Å². The Labute approximate surface area is 110 Å². The number of carbonyl (C=O) groups is 1. The van der Waals surface area contributed by atoms with Crippen LogP contribution in [0.1, 0.15) is 32.6 Å². The standard InChI is InChI=1S/C11H15N.C4H8O2/c1-3-7-11(8-4-1)12-9-5-2-6-10-12;1-3-4(5)6-2/h1,3-4,7-8H,2,5-6,9-10H2;3H2,1-2H3. The van der Waals surface area contributed by atoms with Gasteiger partial charge in [0.2, 0.25) is 0 Å². The van der Waals surface area contributed by atoms with Crippen LogP contribution >= 0.6 is 0 Å². The minimum atomic E-state index is -0.157. The summed E-state index contributed by atoms with van der Waals surface area (Å²) >= 11 is 0. The van der Waals surface area contributed by atoms with Crippen molar-refractivity contribution in [1.82, 2.24) is 0 Å². The van der Waals surface area contributed by atoms with Gasteiger partial charge in [0.1, 0.15) is 0 Å². The lowest BCUT2D eigenvalue weighted by Crippen LogP contribution is -2.29. The van der Waals surface area contributed by atoms with E-state index in [2.05, 4.69) is 40.0 Å². The van der Waals surface area contributed by atoms with Crippen LogP contribution in [0.2, 0.25) is 0 Å². The van der Waals surface area contributed by atoms with Gasteiger partial charge in [0.15, 0.2) is 0 Å². The zero-order chi connectivity index (χ0) is 13.2. The molecule has 0 aromatic heterocycles.